The van der Waals surface area contributed by atoms with Crippen LogP contribution in [-0.2, 0) is 9.53 Å². The van der Waals surface area contributed by atoms with Gasteiger partial charge in [-0.15, -0.1) is 0 Å². The Kier molecular flexibility index (Phi) is 4.67. The number of rotatable bonds is 5. The SMILES string of the molecule is O=C(O)C(OCCO)c1ccc(Cl)cc1F. The van der Waals surface area contributed by atoms with Crippen LogP contribution in [0.5, 0.6) is 0 Å². The normalized spacial score (nSPS) is 12.4. The maximum atomic E-state index is 13.4. The lowest BCUT2D eigenvalue weighted by molar-refractivity contribution is -0.151. The number of hydrogen-bond donors (Lipinski definition) is 2. The monoisotopic (exact) mass is 248 g/mol. The van der Waals surface area contributed by atoms with E-state index < -0.39 is 17.9 Å². The molecule has 1 aromatic rings. The van der Waals surface area contributed by atoms with Crippen molar-refractivity contribution in [3.05, 3.63) is 34.6 Å². The summed E-state index contributed by atoms with van der Waals surface area (Å²) >= 11 is 5.54. The van der Waals surface area contributed by atoms with E-state index >= 15 is 0 Å². The van der Waals surface area contributed by atoms with E-state index in [9.17, 15) is 9.18 Å². The second kappa shape index (κ2) is 5.79. The molecule has 0 aromatic heterocycles. The molecule has 0 bridgehead atoms. The zero-order chi connectivity index (χ0) is 12.1. The Morgan fingerprint density at radius 2 is 2.25 bits per heavy atom. The fourth-order valence-electron chi connectivity index (χ4n) is 1.18. The molecule has 0 aliphatic carbocycles. The number of hydrogen-bond acceptors (Lipinski definition) is 3. The highest BCUT2D eigenvalue weighted by Gasteiger charge is 2.23. The summed E-state index contributed by atoms with van der Waals surface area (Å²) < 4.78 is 18.2. The number of halogens is 2. The predicted molar refractivity (Wildman–Crippen MR) is 54.8 cm³/mol. The molecular formula is C10H10ClFO4. The van der Waals surface area contributed by atoms with E-state index in [2.05, 4.69) is 0 Å². The number of aliphatic carboxylic acids is 1. The Morgan fingerprint density at radius 1 is 1.56 bits per heavy atom. The van der Waals surface area contributed by atoms with Gasteiger partial charge in [0.15, 0.2) is 6.10 Å². The molecule has 1 aromatic carbocycles. The van der Waals surface area contributed by atoms with E-state index in [4.69, 9.17) is 26.6 Å². The maximum absolute atomic E-state index is 13.4. The molecular weight excluding hydrogens is 239 g/mol. The average Bonchev–Trinajstić information content (AvgIpc) is 2.20. The summed E-state index contributed by atoms with van der Waals surface area (Å²) in [6.45, 7) is -0.516. The quantitative estimate of drug-likeness (QED) is 0.831. The number of aliphatic hydroxyl groups excluding tert-OH is 1. The molecule has 0 amide bonds. The molecule has 0 heterocycles. The molecule has 6 heteroatoms. The van der Waals surface area contributed by atoms with Gasteiger partial charge in [0.25, 0.3) is 0 Å². The molecule has 0 spiro atoms. The van der Waals surface area contributed by atoms with E-state index in [0.717, 1.165) is 6.07 Å². The number of carbonyl (C=O) groups is 1. The van der Waals surface area contributed by atoms with Gasteiger partial charge in [0.05, 0.1) is 13.2 Å². The van der Waals surface area contributed by atoms with Gasteiger partial charge in [0.1, 0.15) is 5.82 Å². The van der Waals surface area contributed by atoms with Crippen LogP contribution < -0.4 is 0 Å². The predicted octanol–water partition coefficient (Wildman–Crippen LogP) is 1.61. The minimum atomic E-state index is -1.44. The molecule has 0 aliphatic heterocycles. The number of carboxylic acid groups (broad SMARTS) is 1. The van der Waals surface area contributed by atoms with Crippen molar-refractivity contribution < 1.29 is 24.1 Å². The van der Waals surface area contributed by atoms with Crippen molar-refractivity contribution in [1.29, 1.82) is 0 Å². The first-order chi connectivity index (χ1) is 7.56. The van der Waals surface area contributed by atoms with Gasteiger partial charge >= 0.3 is 5.97 Å². The van der Waals surface area contributed by atoms with E-state index in [0.29, 0.717) is 0 Å². The van der Waals surface area contributed by atoms with Gasteiger partial charge in [-0.05, 0) is 12.1 Å². The van der Waals surface area contributed by atoms with E-state index in [1.807, 2.05) is 0 Å². The topological polar surface area (TPSA) is 66.8 Å². The molecule has 0 saturated heterocycles. The van der Waals surface area contributed by atoms with Gasteiger partial charge in [-0.2, -0.15) is 0 Å². The number of ether oxygens (including phenoxy) is 1. The Balaban J connectivity index is 2.96. The van der Waals surface area contributed by atoms with Crippen molar-refractivity contribution in [2.24, 2.45) is 0 Å². The average molecular weight is 249 g/mol. The first-order valence-corrected chi connectivity index (χ1v) is 4.84. The molecule has 1 atom stereocenters. The molecule has 0 aliphatic rings. The zero-order valence-corrected chi connectivity index (χ0v) is 8.95. The Bertz CT molecular complexity index is 383. The lowest BCUT2D eigenvalue weighted by Crippen LogP contribution is -2.18. The third-order valence-electron chi connectivity index (χ3n) is 1.85. The van der Waals surface area contributed by atoms with Crippen LogP contribution in [-0.4, -0.2) is 29.4 Å². The highest BCUT2D eigenvalue weighted by Crippen LogP contribution is 2.23. The van der Waals surface area contributed by atoms with Crippen molar-refractivity contribution in [2.75, 3.05) is 13.2 Å². The summed E-state index contributed by atoms with van der Waals surface area (Å²) in [5.74, 6) is -2.08. The Morgan fingerprint density at radius 3 is 2.75 bits per heavy atom. The second-order valence-electron chi connectivity index (χ2n) is 2.98. The molecule has 0 fully saturated rings. The molecule has 16 heavy (non-hydrogen) atoms. The summed E-state index contributed by atoms with van der Waals surface area (Å²) in [5, 5.41) is 17.5. The third kappa shape index (κ3) is 3.16. The van der Waals surface area contributed by atoms with E-state index in [1.54, 1.807) is 0 Å². The summed E-state index contributed by atoms with van der Waals surface area (Å²) in [4.78, 5) is 10.8. The molecule has 0 saturated carbocycles. The zero-order valence-electron chi connectivity index (χ0n) is 8.19. The molecule has 1 unspecified atom stereocenters. The van der Waals surface area contributed by atoms with Crippen molar-refractivity contribution in [3.63, 3.8) is 0 Å². The minimum Gasteiger partial charge on any atom is -0.479 e. The maximum Gasteiger partial charge on any atom is 0.337 e. The highest BCUT2D eigenvalue weighted by atomic mass is 35.5. The minimum absolute atomic E-state index is 0.120. The van der Waals surface area contributed by atoms with Gasteiger partial charge in [-0.1, -0.05) is 17.7 Å². The van der Waals surface area contributed by atoms with Gasteiger partial charge in [-0.25, -0.2) is 9.18 Å². The van der Waals surface area contributed by atoms with Crippen LogP contribution in [0.25, 0.3) is 0 Å². The summed E-state index contributed by atoms with van der Waals surface area (Å²) in [7, 11) is 0. The van der Waals surface area contributed by atoms with E-state index in [-0.39, 0.29) is 23.8 Å². The first-order valence-electron chi connectivity index (χ1n) is 4.46. The molecule has 2 N–H and O–H groups in total. The van der Waals surface area contributed by atoms with Crippen LogP contribution in [0.2, 0.25) is 5.02 Å². The Hall–Kier alpha value is -1.17. The lowest BCUT2D eigenvalue weighted by Gasteiger charge is -2.14. The lowest BCUT2D eigenvalue weighted by atomic mass is 10.1. The Labute approximate surface area is 96.2 Å². The number of benzene rings is 1. The van der Waals surface area contributed by atoms with Crippen molar-refractivity contribution in [1.82, 2.24) is 0 Å². The van der Waals surface area contributed by atoms with Gasteiger partial charge in [0.2, 0.25) is 0 Å². The largest absolute Gasteiger partial charge is 0.479 e. The number of carboxylic acids is 1. The van der Waals surface area contributed by atoms with Crippen LogP contribution in [0, 0.1) is 5.82 Å². The molecule has 1 rings (SSSR count). The van der Waals surface area contributed by atoms with Crippen LogP contribution in [0.1, 0.15) is 11.7 Å². The van der Waals surface area contributed by atoms with Crippen LogP contribution >= 0.6 is 11.6 Å². The smallest absolute Gasteiger partial charge is 0.337 e. The van der Waals surface area contributed by atoms with Crippen molar-refractivity contribution >= 4 is 17.6 Å². The van der Waals surface area contributed by atoms with E-state index in [1.165, 1.54) is 12.1 Å². The molecule has 88 valence electrons. The van der Waals surface area contributed by atoms with Gasteiger partial charge < -0.3 is 14.9 Å². The van der Waals surface area contributed by atoms with Crippen LogP contribution in [0.3, 0.4) is 0 Å². The standard InChI is InChI=1S/C10H10ClFO4/c11-6-1-2-7(8(12)5-6)9(10(14)15)16-4-3-13/h1-2,5,9,13H,3-4H2,(H,14,15). The van der Waals surface area contributed by atoms with Crippen molar-refractivity contribution in [3.8, 4) is 0 Å². The first kappa shape index (κ1) is 12.9. The van der Waals surface area contributed by atoms with Gasteiger partial charge in [-0.3, -0.25) is 0 Å². The van der Waals surface area contributed by atoms with Crippen molar-refractivity contribution in [2.45, 2.75) is 6.10 Å². The number of aliphatic hydroxyl groups is 1. The molecule has 4 nitrogen and oxygen atoms in total. The summed E-state index contributed by atoms with van der Waals surface area (Å²) in [6, 6.07) is 3.63. The summed E-state index contributed by atoms with van der Waals surface area (Å²) in [5.41, 5.74) is -0.120. The van der Waals surface area contributed by atoms with Crippen LogP contribution in [0.15, 0.2) is 18.2 Å². The fraction of sp³-hybridized carbons (Fsp3) is 0.300. The second-order valence-corrected chi connectivity index (χ2v) is 3.41. The molecule has 0 radical (unpaired) electrons. The fourth-order valence-corrected chi connectivity index (χ4v) is 1.34. The van der Waals surface area contributed by atoms with Crippen LogP contribution in [0.4, 0.5) is 4.39 Å². The summed E-state index contributed by atoms with van der Waals surface area (Å²) in [6.07, 6.45) is -1.44. The third-order valence-corrected chi connectivity index (χ3v) is 2.08. The highest BCUT2D eigenvalue weighted by molar-refractivity contribution is 6.30. The van der Waals surface area contributed by atoms with Gasteiger partial charge in [0, 0.05) is 10.6 Å².